The van der Waals surface area contributed by atoms with Crippen LogP contribution in [0.1, 0.15) is 49.5 Å². The van der Waals surface area contributed by atoms with Gasteiger partial charge in [-0.05, 0) is 56.4 Å². The van der Waals surface area contributed by atoms with Gasteiger partial charge in [-0.2, -0.15) is 5.10 Å². The summed E-state index contributed by atoms with van der Waals surface area (Å²) in [4.78, 5) is 9.31. The van der Waals surface area contributed by atoms with Crippen LogP contribution in [0.15, 0.2) is 48.9 Å². The molecule has 0 unspecified atom stereocenters. The fraction of sp³-hybridized carbons (Fsp3) is 0.391. The fourth-order valence-corrected chi connectivity index (χ4v) is 4.48. The minimum Gasteiger partial charge on any atom is -0.372 e. The number of piperidine rings is 1. The Hall–Kier alpha value is -3.22. The SMILES string of the molecule is C1=C(Nc2cc(C3CC3)[nH]n2)n2ccnc2CN1c1ccc(N2CCCCC2)cc1. The van der Waals surface area contributed by atoms with Gasteiger partial charge in [0.2, 0.25) is 0 Å². The summed E-state index contributed by atoms with van der Waals surface area (Å²) in [6.45, 7) is 3.08. The summed E-state index contributed by atoms with van der Waals surface area (Å²) >= 11 is 0. The zero-order valence-corrected chi connectivity index (χ0v) is 17.1. The van der Waals surface area contributed by atoms with E-state index in [9.17, 15) is 0 Å². The van der Waals surface area contributed by atoms with Crippen LogP contribution in [0, 0.1) is 0 Å². The van der Waals surface area contributed by atoms with Crippen LogP contribution in [-0.4, -0.2) is 32.8 Å². The van der Waals surface area contributed by atoms with E-state index in [-0.39, 0.29) is 0 Å². The molecule has 3 aromatic rings. The maximum Gasteiger partial charge on any atom is 0.153 e. The molecule has 1 aliphatic carbocycles. The largest absolute Gasteiger partial charge is 0.372 e. The van der Waals surface area contributed by atoms with Crippen molar-refractivity contribution in [2.45, 2.75) is 44.6 Å². The van der Waals surface area contributed by atoms with Crippen molar-refractivity contribution in [1.82, 2.24) is 19.7 Å². The van der Waals surface area contributed by atoms with Gasteiger partial charge in [0.25, 0.3) is 0 Å². The molecule has 1 saturated heterocycles. The van der Waals surface area contributed by atoms with E-state index in [0.29, 0.717) is 5.92 Å². The molecule has 2 fully saturated rings. The van der Waals surface area contributed by atoms with Crippen molar-refractivity contribution in [3.05, 3.63) is 60.4 Å². The third kappa shape index (κ3) is 3.34. The number of fused-ring (bicyclic) bond motifs is 1. The number of imidazole rings is 1. The van der Waals surface area contributed by atoms with Crippen LogP contribution in [0.25, 0.3) is 5.82 Å². The van der Waals surface area contributed by atoms with Crippen molar-refractivity contribution in [3.8, 4) is 0 Å². The molecule has 30 heavy (non-hydrogen) atoms. The molecule has 3 aliphatic rings. The van der Waals surface area contributed by atoms with Gasteiger partial charge >= 0.3 is 0 Å². The minimum absolute atomic E-state index is 0.659. The number of nitrogens with one attached hydrogen (secondary N) is 2. The Morgan fingerprint density at radius 1 is 1.00 bits per heavy atom. The first-order chi connectivity index (χ1) is 14.8. The second-order valence-electron chi connectivity index (χ2n) is 8.53. The smallest absolute Gasteiger partial charge is 0.153 e. The molecule has 0 bridgehead atoms. The number of hydrogen-bond donors (Lipinski definition) is 2. The van der Waals surface area contributed by atoms with Gasteiger partial charge in [-0.3, -0.25) is 9.67 Å². The molecule has 2 aliphatic heterocycles. The van der Waals surface area contributed by atoms with Crippen molar-refractivity contribution in [2.75, 3.05) is 28.2 Å². The van der Waals surface area contributed by atoms with E-state index in [2.05, 4.69) is 71.4 Å². The number of aromatic nitrogens is 4. The van der Waals surface area contributed by atoms with Gasteiger partial charge in [0.1, 0.15) is 11.6 Å². The minimum atomic E-state index is 0.659. The van der Waals surface area contributed by atoms with Crippen LogP contribution in [0.3, 0.4) is 0 Å². The molecule has 1 saturated carbocycles. The lowest BCUT2D eigenvalue weighted by Crippen LogP contribution is -2.29. The number of benzene rings is 1. The molecule has 0 radical (unpaired) electrons. The molecule has 0 spiro atoms. The summed E-state index contributed by atoms with van der Waals surface area (Å²) in [7, 11) is 0. The van der Waals surface area contributed by atoms with Crippen LogP contribution in [0.2, 0.25) is 0 Å². The van der Waals surface area contributed by atoms with Crippen molar-refractivity contribution in [3.63, 3.8) is 0 Å². The summed E-state index contributed by atoms with van der Waals surface area (Å²) < 4.78 is 2.10. The van der Waals surface area contributed by atoms with Gasteiger partial charge in [-0.15, -0.1) is 0 Å². The number of aromatic amines is 1. The van der Waals surface area contributed by atoms with E-state index in [1.165, 1.54) is 62.3 Å². The lowest BCUT2D eigenvalue weighted by Gasteiger charge is -2.30. The molecule has 0 amide bonds. The summed E-state index contributed by atoms with van der Waals surface area (Å²) in [5.41, 5.74) is 3.72. The predicted octanol–water partition coefficient (Wildman–Crippen LogP) is 4.36. The van der Waals surface area contributed by atoms with Crippen molar-refractivity contribution >= 4 is 23.0 Å². The Balaban J connectivity index is 1.25. The first kappa shape index (κ1) is 17.6. The van der Waals surface area contributed by atoms with Crippen molar-refractivity contribution in [2.24, 2.45) is 0 Å². The molecule has 7 nitrogen and oxygen atoms in total. The number of H-pyrrole nitrogens is 1. The van der Waals surface area contributed by atoms with Crippen molar-refractivity contribution in [1.29, 1.82) is 0 Å². The van der Waals surface area contributed by atoms with Crippen LogP contribution in [-0.2, 0) is 6.54 Å². The number of rotatable bonds is 5. The van der Waals surface area contributed by atoms with E-state index >= 15 is 0 Å². The van der Waals surface area contributed by atoms with Gasteiger partial charge in [-0.1, -0.05) is 0 Å². The number of anilines is 3. The van der Waals surface area contributed by atoms with Gasteiger partial charge in [0.05, 0.1) is 6.54 Å². The molecule has 2 aromatic heterocycles. The monoisotopic (exact) mass is 401 g/mol. The molecule has 154 valence electrons. The van der Waals surface area contributed by atoms with E-state index < -0.39 is 0 Å². The average molecular weight is 402 g/mol. The van der Waals surface area contributed by atoms with Crippen LogP contribution < -0.4 is 15.1 Å². The van der Waals surface area contributed by atoms with E-state index in [0.717, 1.165) is 24.0 Å². The molecular weight excluding hydrogens is 374 g/mol. The van der Waals surface area contributed by atoms with Gasteiger partial charge in [-0.25, -0.2) is 4.98 Å². The highest BCUT2D eigenvalue weighted by molar-refractivity contribution is 5.69. The van der Waals surface area contributed by atoms with E-state index in [1.807, 2.05) is 12.4 Å². The molecule has 4 heterocycles. The molecule has 2 N–H and O–H groups in total. The summed E-state index contributed by atoms with van der Waals surface area (Å²) in [5.74, 6) is 3.48. The average Bonchev–Trinajstić information content (AvgIpc) is 3.35. The normalized spacial score (nSPS) is 18.9. The summed E-state index contributed by atoms with van der Waals surface area (Å²) in [5, 5.41) is 11.1. The Labute approximate surface area is 176 Å². The quantitative estimate of drug-likeness (QED) is 0.665. The van der Waals surface area contributed by atoms with E-state index in [1.54, 1.807) is 0 Å². The topological polar surface area (TPSA) is 65.0 Å². The maximum atomic E-state index is 4.56. The molecule has 7 heteroatoms. The van der Waals surface area contributed by atoms with Crippen LogP contribution in [0.5, 0.6) is 0 Å². The lowest BCUT2D eigenvalue weighted by atomic mass is 10.1. The van der Waals surface area contributed by atoms with Gasteiger partial charge in [0, 0.05) is 60.7 Å². The molecule has 1 aromatic carbocycles. The Kier molecular flexibility index (Phi) is 4.25. The fourth-order valence-electron chi connectivity index (χ4n) is 4.48. The Morgan fingerprint density at radius 2 is 1.80 bits per heavy atom. The molecular formula is C23H27N7. The van der Waals surface area contributed by atoms with Crippen LogP contribution in [0.4, 0.5) is 17.2 Å². The van der Waals surface area contributed by atoms with E-state index in [4.69, 9.17) is 0 Å². The Bertz CT molecular complexity index is 1050. The van der Waals surface area contributed by atoms with Crippen molar-refractivity contribution < 1.29 is 0 Å². The molecule has 0 atom stereocenters. The highest BCUT2D eigenvalue weighted by Crippen LogP contribution is 2.39. The Morgan fingerprint density at radius 3 is 2.60 bits per heavy atom. The van der Waals surface area contributed by atoms with Gasteiger partial charge < -0.3 is 15.1 Å². The standard InChI is InChI=1S/C23H27N7/c1-2-11-28(12-3-1)18-6-8-19(9-7-18)29-15-22-24-10-13-30(22)23(16-29)25-21-14-20(26-27-21)17-4-5-17/h6-10,13-14,16-17H,1-5,11-12,15H2,(H2,25,26,27). The van der Waals surface area contributed by atoms with Crippen LogP contribution >= 0.6 is 0 Å². The first-order valence-corrected chi connectivity index (χ1v) is 11.0. The molecule has 6 rings (SSSR count). The second-order valence-corrected chi connectivity index (χ2v) is 8.53. The summed E-state index contributed by atoms with van der Waals surface area (Å²) in [6.07, 6.45) is 12.5. The first-order valence-electron chi connectivity index (χ1n) is 11.0. The third-order valence-electron chi connectivity index (χ3n) is 6.34. The zero-order chi connectivity index (χ0) is 19.9. The highest BCUT2D eigenvalue weighted by atomic mass is 15.3. The predicted molar refractivity (Wildman–Crippen MR) is 119 cm³/mol. The highest BCUT2D eigenvalue weighted by Gasteiger charge is 2.26. The maximum absolute atomic E-state index is 4.56. The summed E-state index contributed by atoms with van der Waals surface area (Å²) in [6, 6.07) is 11.1. The lowest BCUT2D eigenvalue weighted by molar-refractivity contribution is 0.578. The number of hydrogen-bond acceptors (Lipinski definition) is 5. The second kappa shape index (κ2) is 7.23. The third-order valence-corrected chi connectivity index (χ3v) is 6.34. The van der Waals surface area contributed by atoms with Gasteiger partial charge in [0.15, 0.2) is 5.82 Å². The number of nitrogens with zero attached hydrogens (tertiary/aromatic N) is 5. The zero-order valence-electron chi connectivity index (χ0n) is 17.1.